The van der Waals surface area contributed by atoms with E-state index < -0.39 is 17.7 Å². The molecule has 106 valence electrons. The van der Waals surface area contributed by atoms with Crippen LogP contribution in [-0.2, 0) is 9.53 Å². The van der Waals surface area contributed by atoms with Gasteiger partial charge in [-0.15, -0.1) is 0 Å². The third-order valence-corrected chi connectivity index (χ3v) is 2.96. The first kappa shape index (κ1) is 14.5. The van der Waals surface area contributed by atoms with E-state index in [0.717, 1.165) is 16.3 Å². The molecule has 2 aromatic carbocycles. The van der Waals surface area contributed by atoms with Gasteiger partial charge in [0.25, 0.3) is 0 Å². The molecule has 0 aromatic heterocycles. The molecule has 0 aliphatic heterocycles. The quantitative estimate of drug-likeness (QED) is 0.868. The minimum atomic E-state index is -0.851. The second-order valence-electron chi connectivity index (χ2n) is 5.87. The minimum Gasteiger partial charge on any atom is -0.460 e. The number of rotatable bonds is 3. The van der Waals surface area contributed by atoms with Crippen molar-refractivity contribution in [3.63, 3.8) is 0 Å². The Kier molecular flexibility index (Phi) is 4.09. The summed E-state index contributed by atoms with van der Waals surface area (Å²) in [7, 11) is 0. The monoisotopic (exact) mass is 272 g/mol. The molecule has 0 saturated heterocycles. The lowest BCUT2D eigenvalue weighted by atomic mass is 9.99. The molecule has 0 heterocycles. The molecular formula is C17H20O3. The van der Waals surface area contributed by atoms with Gasteiger partial charge in [0, 0.05) is 0 Å². The predicted molar refractivity (Wildman–Crippen MR) is 79.4 cm³/mol. The Hall–Kier alpha value is -1.87. The molecule has 0 aliphatic rings. The van der Waals surface area contributed by atoms with Crippen LogP contribution in [0.25, 0.3) is 10.8 Å². The molecule has 0 bridgehead atoms. The summed E-state index contributed by atoms with van der Waals surface area (Å²) in [6.07, 6.45) is -0.887. The summed E-state index contributed by atoms with van der Waals surface area (Å²) < 4.78 is 5.24. The second kappa shape index (κ2) is 5.63. The van der Waals surface area contributed by atoms with Crippen LogP contribution >= 0.6 is 0 Å². The highest BCUT2D eigenvalue weighted by Gasteiger charge is 2.21. The zero-order valence-corrected chi connectivity index (χ0v) is 12.1. The van der Waals surface area contributed by atoms with Gasteiger partial charge in [-0.3, -0.25) is 4.79 Å². The number of fused-ring (bicyclic) bond motifs is 1. The summed E-state index contributed by atoms with van der Waals surface area (Å²) in [4.78, 5) is 11.8. The van der Waals surface area contributed by atoms with Gasteiger partial charge < -0.3 is 9.84 Å². The van der Waals surface area contributed by atoms with E-state index in [1.165, 1.54) is 0 Å². The van der Waals surface area contributed by atoms with Crippen LogP contribution < -0.4 is 0 Å². The highest BCUT2D eigenvalue weighted by Crippen LogP contribution is 2.26. The molecule has 1 atom stereocenters. The van der Waals surface area contributed by atoms with Crippen molar-refractivity contribution in [2.24, 2.45) is 0 Å². The van der Waals surface area contributed by atoms with Gasteiger partial charge in [0.05, 0.1) is 12.5 Å². The molecule has 20 heavy (non-hydrogen) atoms. The van der Waals surface area contributed by atoms with Crippen molar-refractivity contribution in [1.29, 1.82) is 0 Å². The fourth-order valence-corrected chi connectivity index (χ4v) is 2.19. The molecule has 3 heteroatoms. The lowest BCUT2D eigenvalue weighted by molar-refractivity contribution is -0.157. The zero-order chi connectivity index (χ0) is 14.8. The molecule has 0 aliphatic carbocycles. The summed E-state index contributed by atoms with van der Waals surface area (Å²) in [6, 6.07) is 13.5. The fourth-order valence-electron chi connectivity index (χ4n) is 2.19. The van der Waals surface area contributed by atoms with E-state index in [4.69, 9.17) is 4.74 Å². The SMILES string of the molecule is CC(C)(C)OC(=O)C[C@H](O)c1cccc2ccccc12. The van der Waals surface area contributed by atoms with Crippen LogP contribution in [0.5, 0.6) is 0 Å². The van der Waals surface area contributed by atoms with Gasteiger partial charge in [-0.05, 0) is 37.1 Å². The van der Waals surface area contributed by atoms with Gasteiger partial charge in [-0.2, -0.15) is 0 Å². The van der Waals surface area contributed by atoms with Crippen molar-refractivity contribution in [2.45, 2.75) is 38.9 Å². The van der Waals surface area contributed by atoms with Crippen molar-refractivity contribution >= 4 is 16.7 Å². The van der Waals surface area contributed by atoms with Gasteiger partial charge in [0.15, 0.2) is 0 Å². The standard InChI is InChI=1S/C17H20O3/c1-17(2,3)20-16(19)11-15(18)14-10-6-8-12-7-4-5-9-13(12)14/h4-10,15,18H,11H2,1-3H3/t15-/m0/s1. The third kappa shape index (κ3) is 3.58. The first-order chi connectivity index (χ1) is 9.37. The number of aliphatic hydroxyl groups is 1. The number of aliphatic hydroxyl groups excluding tert-OH is 1. The summed E-state index contributed by atoms with van der Waals surface area (Å²) in [6.45, 7) is 5.44. The van der Waals surface area contributed by atoms with Crippen molar-refractivity contribution in [1.82, 2.24) is 0 Å². The smallest absolute Gasteiger partial charge is 0.309 e. The topological polar surface area (TPSA) is 46.5 Å². The van der Waals surface area contributed by atoms with Gasteiger partial charge in [-0.1, -0.05) is 42.5 Å². The molecule has 1 N–H and O–H groups in total. The van der Waals surface area contributed by atoms with Gasteiger partial charge in [-0.25, -0.2) is 0 Å². The number of carbonyl (C=O) groups excluding carboxylic acids is 1. The average molecular weight is 272 g/mol. The van der Waals surface area contributed by atoms with Crippen LogP contribution in [0.1, 0.15) is 38.9 Å². The van der Waals surface area contributed by atoms with Crippen molar-refractivity contribution in [3.8, 4) is 0 Å². The average Bonchev–Trinajstić information content (AvgIpc) is 2.35. The molecule has 0 spiro atoms. The normalized spacial score (nSPS) is 13.2. The van der Waals surface area contributed by atoms with Crippen LogP contribution in [0.3, 0.4) is 0 Å². The summed E-state index contributed by atoms with van der Waals surface area (Å²) >= 11 is 0. The molecule has 2 rings (SSSR count). The van der Waals surface area contributed by atoms with Gasteiger partial charge in [0.2, 0.25) is 0 Å². The fraction of sp³-hybridized carbons (Fsp3) is 0.353. The maximum atomic E-state index is 11.8. The van der Waals surface area contributed by atoms with E-state index in [1.807, 2.05) is 63.2 Å². The Morgan fingerprint density at radius 1 is 1.15 bits per heavy atom. The van der Waals surface area contributed by atoms with Crippen LogP contribution in [0.4, 0.5) is 0 Å². The van der Waals surface area contributed by atoms with Crippen LogP contribution in [0.15, 0.2) is 42.5 Å². The van der Waals surface area contributed by atoms with Gasteiger partial charge in [0.1, 0.15) is 5.60 Å². The Morgan fingerprint density at radius 2 is 1.80 bits per heavy atom. The molecule has 0 fully saturated rings. The van der Waals surface area contributed by atoms with E-state index in [-0.39, 0.29) is 6.42 Å². The number of benzene rings is 2. The van der Waals surface area contributed by atoms with E-state index in [2.05, 4.69) is 0 Å². The number of carbonyl (C=O) groups is 1. The number of hydrogen-bond donors (Lipinski definition) is 1. The molecule has 0 radical (unpaired) electrons. The Labute approximate surface area is 119 Å². The lowest BCUT2D eigenvalue weighted by Crippen LogP contribution is -2.24. The highest BCUT2D eigenvalue weighted by molar-refractivity contribution is 5.86. The molecule has 3 nitrogen and oxygen atoms in total. The Morgan fingerprint density at radius 3 is 2.50 bits per heavy atom. The summed E-state index contributed by atoms with van der Waals surface area (Å²) in [5.74, 6) is -0.391. The van der Waals surface area contributed by atoms with E-state index in [1.54, 1.807) is 0 Å². The highest BCUT2D eigenvalue weighted by atomic mass is 16.6. The number of ether oxygens (including phenoxy) is 1. The van der Waals surface area contributed by atoms with E-state index in [9.17, 15) is 9.90 Å². The predicted octanol–water partition coefficient (Wildman–Crippen LogP) is 3.61. The van der Waals surface area contributed by atoms with E-state index >= 15 is 0 Å². The van der Waals surface area contributed by atoms with Crippen molar-refractivity contribution in [2.75, 3.05) is 0 Å². The Bertz CT molecular complexity index is 606. The zero-order valence-electron chi connectivity index (χ0n) is 12.1. The minimum absolute atomic E-state index is 0.0364. The molecular weight excluding hydrogens is 252 g/mol. The molecule has 2 aromatic rings. The largest absolute Gasteiger partial charge is 0.460 e. The van der Waals surface area contributed by atoms with Crippen molar-refractivity contribution in [3.05, 3.63) is 48.0 Å². The number of hydrogen-bond acceptors (Lipinski definition) is 3. The van der Waals surface area contributed by atoms with Crippen LogP contribution in [0.2, 0.25) is 0 Å². The summed E-state index contributed by atoms with van der Waals surface area (Å²) in [5, 5.41) is 12.3. The summed E-state index contributed by atoms with van der Waals surface area (Å²) in [5.41, 5.74) is 0.226. The Balaban J connectivity index is 2.20. The van der Waals surface area contributed by atoms with Gasteiger partial charge >= 0.3 is 5.97 Å². The molecule has 0 saturated carbocycles. The van der Waals surface area contributed by atoms with Crippen LogP contribution in [0, 0.1) is 0 Å². The maximum Gasteiger partial charge on any atom is 0.309 e. The third-order valence-electron chi connectivity index (χ3n) is 2.96. The van der Waals surface area contributed by atoms with Crippen LogP contribution in [-0.4, -0.2) is 16.7 Å². The van der Waals surface area contributed by atoms with E-state index in [0.29, 0.717) is 0 Å². The second-order valence-corrected chi connectivity index (χ2v) is 5.87. The lowest BCUT2D eigenvalue weighted by Gasteiger charge is -2.21. The first-order valence-corrected chi connectivity index (χ1v) is 6.74. The maximum absolute atomic E-state index is 11.8. The van der Waals surface area contributed by atoms with Crippen molar-refractivity contribution < 1.29 is 14.6 Å². The first-order valence-electron chi connectivity index (χ1n) is 6.74. The molecule has 0 unspecified atom stereocenters. The number of esters is 1. The molecule has 0 amide bonds.